The van der Waals surface area contributed by atoms with E-state index in [4.69, 9.17) is 11.6 Å². The molecule has 0 aromatic heterocycles. The number of amides is 2. The molecule has 2 aromatic rings. The molecule has 0 saturated carbocycles. The van der Waals surface area contributed by atoms with Crippen molar-refractivity contribution >= 4 is 57.4 Å². The summed E-state index contributed by atoms with van der Waals surface area (Å²) < 4.78 is 1.06. The van der Waals surface area contributed by atoms with Gasteiger partial charge in [-0.15, -0.1) is 0 Å². The smallest absolute Gasteiger partial charge is 0.314 e. The topological polar surface area (TPSA) is 58.2 Å². The fourth-order valence-corrected chi connectivity index (χ4v) is 2.67. The van der Waals surface area contributed by atoms with Gasteiger partial charge in [-0.2, -0.15) is 0 Å². The Labute approximate surface area is 147 Å². The normalized spacial score (nSPS) is 10.2. The van der Waals surface area contributed by atoms with Crippen molar-refractivity contribution in [3.05, 3.63) is 56.1 Å². The van der Waals surface area contributed by atoms with Gasteiger partial charge >= 0.3 is 11.8 Å². The van der Waals surface area contributed by atoms with E-state index < -0.39 is 11.8 Å². The van der Waals surface area contributed by atoms with Crippen LogP contribution in [0.2, 0.25) is 5.02 Å². The Morgan fingerprint density at radius 3 is 2.18 bits per heavy atom. The standard InChI is InChI=1S/C16H14ClIN2O2/c1-9-3-4-11(17)8-14(9)20-16(22)15(21)19-13-6-5-12(18)7-10(13)2/h3-8H,1-2H3,(H,19,21)(H,20,22). The lowest BCUT2D eigenvalue weighted by Gasteiger charge is -2.10. The van der Waals surface area contributed by atoms with Gasteiger partial charge in [0.15, 0.2) is 0 Å². The van der Waals surface area contributed by atoms with Crippen LogP contribution >= 0.6 is 34.2 Å². The molecule has 0 fully saturated rings. The average molecular weight is 429 g/mol. The molecule has 2 aromatic carbocycles. The fourth-order valence-electron chi connectivity index (χ4n) is 1.85. The van der Waals surface area contributed by atoms with Gasteiger partial charge in [0.25, 0.3) is 0 Å². The van der Waals surface area contributed by atoms with E-state index in [-0.39, 0.29) is 0 Å². The first-order chi connectivity index (χ1) is 10.4. The summed E-state index contributed by atoms with van der Waals surface area (Å²) in [6, 6.07) is 10.7. The van der Waals surface area contributed by atoms with Gasteiger partial charge in [-0.05, 0) is 77.9 Å². The number of benzene rings is 2. The lowest BCUT2D eigenvalue weighted by atomic mass is 10.2. The minimum absolute atomic E-state index is 0.495. The van der Waals surface area contributed by atoms with E-state index in [2.05, 4.69) is 33.2 Å². The van der Waals surface area contributed by atoms with E-state index in [1.165, 1.54) is 0 Å². The number of hydrogen-bond donors (Lipinski definition) is 2. The maximum Gasteiger partial charge on any atom is 0.314 e. The molecule has 4 nitrogen and oxygen atoms in total. The SMILES string of the molecule is Cc1cc(I)ccc1NC(=O)C(=O)Nc1cc(Cl)ccc1C. The fraction of sp³-hybridized carbons (Fsp3) is 0.125. The Bertz CT molecular complexity index is 747. The molecule has 0 spiro atoms. The predicted octanol–water partition coefficient (Wildman–Crippen LogP) is 4.14. The van der Waals surface area contributed by atoms with Crippen molar-refractivity contribution in [3.8, 4) is 0 Å². The van der Waals surface area contributed by atoms with Crippen LogP contribution in [0.25, 0.3) is 0 Å². The Morgan fingerprint density at radius 2 is 1.55 bits per heavy atom. The van der Waals surface area contributed by atoms with Crippen molar-refractivity contribution in [2.75, 3.05) is 10.6 Å². The largest absolute Gasteiger partial charge is 0.318 e. The summed E-state index contributed by atoms with van der Waals surface area (Å²) in [4.78, 5) is 24.0. The van der Waals surface area contributed by atoms with E-state index in [0.717, 1.165) is 14.7 Å². The van der Waals surface area contributed by atoms with Gasteiger partial charge < -0.3 is 10.6 Å². The molecule has 22 heavy (non-hydrogen) atoms. The van der Waals surface area contributed by atoms with Crippen LogP contribution in [0.5, 0.6) is 0 Å². The highest BCUT2D eigenvalue weighted by Crippen LogP contribution is 2.21. The van der Waals surface area contributed by atoms with Crippen molar-refractivity contribution in [2.24, 2.45) is 0 Å². The van der Waals surface area contributed by atoms with Crippen molar-refractivity contribution in [2.45, 2.75) is 13.8 Å². The predicted molar refractivity (Wildman–Crippen MR) is 97.3 cm³/mol. The monoisotopic (exact) mass is 428 g/mol. The second kappa shape index (κ2) is 7.11. The molecule has 0 heterocycles. The summed E-state index contributed by atoms with van der Waals surface area (Å²) in [5, 5.41) is 5.66. The van der Waals surface area contributed by atoms with Crippen molar-refractivity contribution in [3.63, 3.8) is 0 Å². The van der Waals surface area contributed by atoms with E-state index in [1.54, 1.807) is 24.3 Å². The Hall–Kier alpha value is -1.60. The molecular weight excluding hydrogens is 415 g/mol. The third-order valence-electron chi connectivity index (χ3n) is 3.09. The van der Waals surface area contributed by atoms with Crippen LogP contribution in [0.4, 0.5) is 11.4 Å². The minimum atomic E-state index is -0.733. The third kappa shape index (κ3) is 4.20. The molecule has 2 amide bonds. The van der Waals surface area contributed by atoms with E-state index in [9.17, 15) is 9.59 Å². The zero-order valence-electron chi connectivity index (χ0n) is 12.0. The van der Waals surface area contributed by atoms with Crippen molar-refractivity contribution in [1.29, 1.82) is 0 Å². The number of nitrogens with one attached hydrogen (secondary N) is 2. The first-order valence-corrected chi connectivity index (χ1v) is 7.97. The van der Waals surface area contributed by atoms with Crippen LogP contribution in [0.3, 0.4) is 0 Å². The molecular formula is C16H14ClIN2O2. The molecule has 6 heteroatoms. The van der Waals surface area contributed by atoms with Gasteiger partial charge in [0.05, 0.1) is 0 Å². The number of hydrogen-bond acceptors (Lipinski definition) is 2. The first-order valence-electron chi connectivity index (χ1n) is 6.51. The molecule has 0 saturated heterocycles. The van der Waals surface area contributed by atoms with Gasteiger partial charge in [-0.1, -0.05) is 17.7 Å². The second-order valence-electron chi connectivity index (χ2n) is 4.83. The minimum Gasteiger partial charge on any atom is -0.318 e. The van der Waals surface area contributed by atoms with Crippen LogP contribution < -0.4 is 10.6 Å². The number of carbonyl (C=O) groups excluding carboxylic acids is 2. The highest BCUT2D eigenvalue weighted by atomic mass is 127. The Morgan fingerprint density at radius 1 is 0.909 bits per heavy atom. The van der Waals surface area contributed by atoms with Crippen LogP contribution in [0.15, 0.2) is 36.4 Å². The highest BCUT2D eigenvalue weighted by molar-refractivity contribution is 14.1. The molecule has 2 rings (SSSR count). The summed E-state index contributed by atoms with van der Waals surface area (Å²) in [5.41, 5.74) is 2.86. The number of carbonyl (C=O) groups is 2. The van der Waals surface area contributed by atoms with Gasteiger partial charge in [0, 0.05) is 20.0 Å². The molecule has 114 valence electrons. The summed E-state index contributed by atoms with van der Waals surface area (Å²) in [5.74, 6) is -1.45. The Kier molecular flexibility index (Phi) is 5.42. The summed E-state index contributed by atoms with van der Waals surface area (Å²) in [6.45, 7) is 3.70. The molecule has 0 aliphatic heterocycles. The third-order valence-corrected chi connectivity index (χ3v) is 4.00. The zero-order valence-corrected chi connectivity index (χ0v) is 14.9. The first kappa shape index (κ1) is 16.8. The molecule has 0 radical (unpaired) electrons. The van der Waals surface area contributed by atoms with Gasteiger partial charge in [0.1, 0.15) is 0 Å². The summed E-state index contributed by atoms with van der Waals surface area (Å²) in [6.07, 6.45) is 0. The maximum atomic E-state index is 12.0. The molecule has 2 N–H and O–H groups in total. The van der Waals surface area contributed by atoms with Gasteiger partial charge in [-0.25, -0.2) is 0 Å². The van der Waals surface area contributed by atoms with E-state index in [0.29, 0.717) is 16.4 Å². The molecule has 0 bridgehead atoms. The molecule has 0 aliphatic rings. The second-order valence-corrected chi connectivity index (χ2v) is 6.51. The van der Waals surface area contributed by atoms with Crippen molar-refractivity contribution < 1.29 is 9.59 Å². The lowest BCUT2D eigenvalue weighted by Crippen LogP contribution is -2.29. The number of aryl methyl sites for hydroxylation is 2. The highest BCUT2D eigenvalue weighted by Gasteiger charge is 2.16. The van der Waals surface area contributed by atoms with Gasteiger partial charge in [0.2, 0.25) is 0 Å². The van der Waals surface area contributed by atoms with E-state index in [1.807, 2.05) is 26.0 Å². The average Bonchev–Trinajstić information content (AvgIpc) is 2.45. The number of halogens is 2. The van der Waals surface area contributed by atoms with Crippen LogP contribution in [0, 0.1) is 17.4 Å². The summed E-state index contributed by atoms with van der Waals surface area (Å²) in [7, 11) is 0. The van der Waals surface area contributed by atoms with Crippen LogP contribution in [0.1, 0.15) is 11.1 Å². The quantitative estimate of drug-likeness (QED) is 0.558. The molecule has 0 aliphatic carbocycles. The molecule has 0 atom stereocenters. The molecule has 0 unspecified atom stereocenters. The maximum absolute atomic E-state index is 12.0. The van der Waals surface area contributed by atoms with Crippen LogP contribution in [-0.2, 0) is 9.59 Å². The Balaban J connectivity index is 2.09. The van der Waals surface area contributed by atoms with Crippen molar-refractivity contribution in [1.82, 2.24) is 0 Å². The van der Waals surface area contributed by atoms with Crippen LogP contribution in [-0.4, -0.2) is 11.8 Å². The van der Waals surface area contributed by atoms with Gasteiger partial charge in [-0.3, -0.25) is 9.59 Å². The zero-order chi connectivity index (χ0) is 16.3. The van der Waals surface area contributed by atoms with E-state index >= 15 is 0 Å². The number of anilines is 2. The lowest BCUT2D eigenvalue weighted by molar-refractivity contribution is -0.133. The summed E-state index contributed by atoms with van der Waals surface area (Å²) >= 11 is 8.08. The number of rotatable bonds is 2.